The average Bonchev–Trinajstić information content (AvgIpc) is 2.75. The third kappa shape index (κ3) is 3.04. The van der Waals surface area contributed by atoms with Crippen molar-refractivity contribution in [3.05, 3.63) is 47.0 Å². The Hall–Kier alpha value is -1.88. The van der Waals surface area contributed by atoms with Crippen molar-refractivity contribution in [2.45, 2.75) is 6.42 Å². The number of aromatic nitrogens is 2. The zero-order chi connectivity index (χ0) is 12.3. The molecule has 6 heteroatoms. The first-order valence-corrected chi connectivity index (χ1v) is 5.26. The van der Waals surface area contributed by atoms with Gasteiger partial charge in [-0.15, -0.1) is 0 Å². The van der Waals surface area contributed by atoms with Crippen LogP contribution in [-0.4, -0.2) is 16.1 Å². The van der Waals surface area contributed by atoms with Crippen LogP contribution < -0.4 is 5.32 Å². The smallest absolute Gasteiger partial charge is 0.230 e. The fourth-order valence-electron chi connectivity index (χ4n) is 1.34. The third-order valence-corrected chi connectivity index (χ3v) is 2.43. The summed E-state index contributed by atoms with van der Waals surface area (Å²) >= 11 is 5.78. The van der Waals surface area contributed by atoms with Crippen molar-refractivity contribution < 1.29 is 9.18 Å². The van der Waals surface area contributed by atoms with Gasteiger partial charge in [0.2, 0.25) is 5.91 Å². The second-order valence-electron chi connectivity index (χ2n) is 3.43. The molecule has 0 bridgehead atoms. The molecule has 1 heterocycles. The molecule has 88 valence electrons. The lowest BCUT2D eigenvalue weighted by Crippen LogP contribution is -2.15. The van der Waals surface area contributed by atoms with Gasteiger partial charge in [0.25, 0.3) is 0 Å². The quantitative estimate of drug-likeness (QED) is 0.882. The van der Waals surface area contributed by atoms with E-state index in [9.17, 15) is 9.18 Å². The molecule has 0 aliphatic rings. The maximum Gasteiger partial charge on any atom is 0.230 e. The lowest BCUT2D eigenvalue weighted by Gasteiger charge is -2.06. The molecule has 2 aromatic rings. The Morgan fingerprint density at radius 1 is 1.47 bits per heavy atom. The zero-order valence-corrected chi connectivity index (χ0v) is 9.46. The van der Waals surface area contributed by atoms with E-state index in [0.717, 1.165) is 6.07 Å². The van der Waals surface area contributed by atoms with Gasteiger partial charge >= 0.3 is 0 Å². The van der Waals surface area contributed by atoms with Crippen LogP contribution >= 0.6 is 11.6 Å². The van der Waals surface area contributed by atoms with E-state index in [-0.39, 0.29) is 17.4 Å². The molecule has 4 nitrogen and oxygen atoms in total. The summed E-state index contributed by atoms with van der Waals surface area (Å²) in [7, 11) is 0. The number of rotatable bonds is 3. The molecule has 0 atom stereocenters. The Labute approximate surface area is 102 Å². The van der Waals surface area contributed by atoms with Crippen molar-refractivity contribution in [3.8, 4) is 0 Å². The molecule has 0 fully saturated rings. The van der Waals surface area contributed by atoms with E-state index in [2.05, 4.69) is 15.5 Å². The van der Waals surface area contributed by atoms with Gasteiger partial charge in [0, 0.05) is 11.9 Å². The maximum atomic E-state index is 12.8. The van der Waals surface area contributed by atoms with E-state index < -0.39 is 5.82 Å². The largest absolute Gasteiger partial charge is 0.324 e. The fraction of sp³-hybridized carbons (Fsp3) is 0.0909. The highest BCUT2D eigenvalue weighted by atomic mass is 35.5. The van der Waals surface area contributed by atoms with Crippen molar-refractivity contribution in [1.82, 2.24) is 10.2 Å². The molecular formula is C11H9ClFN3O. The molecule has 1 aromatic heterocycles. The Kier molecular flexibility index (Phi) is 3.39. The number of anilines is 1. The van der Waals surface area contributed by atoms with Crippen LogP contribution in [0.15, 0.2) is 30.5 Å². The monoisotopic (exact) mass is 253 g/mol. The van der Waals surface area contributed by atoms with Crippen LogP contribution in [0.5, 0.6) is 0 Å². The molecule has 1 aromatic carbocycles. The molecule has 0 saturated carbocycles. The van der Waals surface area contributed by atoms with Crippen molar-refractivity contribution in [2.75, 3.05) is 5.32 Å². The van der Waals surface area contributed by atoms with E-state index >= 15 is 0 Å². The summed E-state index contributed by atoms with van der Waals surface area (Å²) in [6, 6.07) is 5.50. The van der Waals surface area contributed by atoms with Crippen molar-refractivity contribution in [2.24, 2.45) is 0 Å². The van der Waals surface area contributed by atoms with Gasteiger partial charge in [-0.3, -0.25) is 9.89 Å². The number of hydrogen-bond acceptors (Lipinski definition) is 2. The summed E-state index contributed by atoms with van der Waals surface area (Å²) in [6.45, 7) is 0. The fourth-order valence-corrected chi connectivity index (χ4v) is 1.56. The summed E-state index contributed by atoms with van der Waals surface area (Å²) in [5, 5.41) is 9.16. The van der Waals surface area contributed by atoms with Crippen LogP contribution in [0, 0.1) is 5.82 Å². The van der Waals surface area contributed by atoms with E-state index in [1.165, 1.54) is 12.1 Å². The van der Waals surface area contributed by atoms with Gasteiger partial charge in [-0.2, -0.15) is 5.10 Å². The first-order valence-electron chi connectivity index (χ1n) is 4.88. The van der Waals surface area contributed by atoms with Gasteiger partial charge in [0.15, 0.2) is 0 Å². The minimum Gasteiger partial charge on any atom is -0.324 e. The number of aromatic amines is 1. The minimum atomic E-state index is -0.443. The van der Waals surface area contributed by atoms with Gasteiger partial charge in [0.05, 0.1) is 17.1 Å². The molecule has 0 unspecified atom stereocenters. The molecule has 17 heavy (non-hydrogen) atoms. The number of carbonyl (C=O) groups is 1. The predicted octanol–water partition coefficient (Wildman–Crippen LogP) is 2.38. The molecule has 0 aliphatic carbocycles. The van der Waals surface area contributed by atoms with Gasteiger partial charge in [-0.05, 0) is 24.3 Å². The normalized spacial score (nSPS) is 10.2. The van der Waals surface area contributed by atoms with Crippen LogP contribution in [0.2, 0.25) is 5.02 Å². The van der Waals surface area contributed by atoms with Crippen LogP contribution in [0.25, 0.3) is 0 Å². The first-order chi connectivity index (χ1) is 8.15. The summed E-state index contributed by atoms with van der Waals surface area (Å²) < 4.78 is 12.8. The maximum absolute atomic E-state index is 12.8. The highest BCUT2D eigenvalue weighted by Gasteiger charge is 2.08. The Morgan fingerprint density at radius 3 is 2.94 bits per heavy atom. The summed E-state index contributed by atoms with van der Waals surface area (Å²) in [5.74, 6) is -0.690. The molecule has 0 spiro atoms. The van der Waals surface area contributed by atoms with Crippen LogP contribution in [0.1, 0.15) is 5.69 Å². The second kappa shape index (κ2) is 4.97. The van der Waals surface area contributed by atoms with E-state index in [0.29, 0.717) is 11.4 Å². The Morgan fingerprint density at radius 2 is 2.29 bits per heavy atom. The van der Waals surface area contributed by atoms with Crippen molar-refractivity contribution >= 4 is 23.2 Å². The molecule has 0 radical (unpaired) electrons. The first kappa shape index (κ1) is 11.6. The molecule has 0 aliphatic heterocycles. The average molecular weight is 254 g/mol. The highest BCUT2D eigenvalue weighted by molar-refractivity contribution is 6.33. The van der Waals surface area contributed by atoms with Gasteiger partial charge < -0.3 is 5.32 Å². The Balaban J connectivity index is 2.03. The van der Waals surface area contributed by atoms with E-state index in [4.69, 9.17) is 11.6 Å². The highest BCUT2D eigenvalue weighted by Crippen LogP contribution is 2.22. The number of carbonyl (C=O) groups excluding carboxylic acids is 1. The van der Waals surface area contributed by atoms with Crippen LogP contribution in [0.3, 0.4) is 0 Å². The van der Waals surface area contributed by atoms with E-state index in [1.807, 2.05) is 0 Å². The Bertz CT molecular complexity index is 528. The topological polar surface area (TPSA) is 57.8 Å². The number of H-pyrrole nitrogens is 1. The lowest BCUT2D eigenvalue weighted by molar-refractivity contribution is -0.115. The van der Waals surface area contributed by atoms with Gasteiger partial charge in [-0.1, -0.05) is 11.6 Å². The predicted molar refractivity (Wildman–Crippen MR) is 62.3 cm³/mol. The molecular weight excluding hydrogens is 245 g/mol. The standard InChI is InChI=1S/C11H9ClFN3O/c12-9-5-7(13)1-2-10(9)15-11(17)6-8-3-4-14-16-8/h1-5H,6H2,(H,14,16)(H,15,17). The zero-order valence-electron chi connectivity index (χ0n) is 8.71. The molecule has 2 N–H and O–H groups in total. The number of amides is 1. The minimum absolute atomic E-state index is 0.160. The third-order valence-electron chi connectivity index (χ3n) is 2.11. The lowest BCUT2D eigenvalue weighted by atomic mass is 10.2. The number of hydrogen-bond donors (Lipinski definition) is 2. The summed E-state index contributed by atoms with van der Waals surface area (Å²) in [4.78, 5) is 11.6. The number of halogens is 2. The molecule has 1 amide bonds. The summed E-state index contributed by atoms with van der Waals surface area (Å²) in [5.41, 5.74) is 1.08. The second-order valence-corrected chi connectivity index (χ2v) is 3.84. The van der Waals surface area contributed by atoms with Crippen molar-refractivity contribution in [3.63, 3.8) is 0 Å². The van der Waals surface area contributed by atoms with Crippen LogP contribution in [-0.2, 0) is 11.2 Å². The molecule has 0 saturated heterocycles. The number of nitrogens with zero attached hydrogens (tertiary/aromatic N) is 1. The SMILES string of the molecule is O=C(Cc1ccn[nH]1)Nc1ccc(F)cc1Cl. The molecule has 2 rings (SSSR count). The number of benzene rings is 1. The van der Waals surface area contributed by atoms with Crippen molar-refractivity contribution in [1.29, 1.82) is 0 Å². The van der Waals surface area contributed by atoms with Gasteiger partial charge in [-0.25, -0.2) is 4.39 Å². The van der Waals surface area contributed by atoms with E-state index in [1.54, 1.807) is 12.3 Å². The van der Waals surface area contributed by atoms with Crippen LogP contribution in [0.4, 0.5) is 10.1 Å². The van der Waals surface area contributed by atoms with Gasteiger partial charge in [0.1, 0.15) is 5.82 Å². The number of nitrogens with one attached hydrogen (secondary N) is 2. The summed E-state index contributed by atoms with van der Waals surface area (Å²) in [6.07, 6.45) is 1.72.